The van der Waals surface area contributed by atoms with Gasteiger partial charge in [-0.2, -0.15) is 0 Å². The van der Waals surface area contributed by atoms with Gasteiger partial charge in [0.2, 0.25) is 0 Å². The first kappa shape index (κ1) is 18.6. The number of benzene rings is 3. The van der Waals surface area contributed by atoms with Crippen molar-refractivity contribution in [2.75, 3.05) is 5.32 Å². The number of thiazole rings is 1. The summed E-state index contributed by atoms with van der Waals surface area (Å²) in [5.41, 5.74) is 3.63. The average Bonchev–Trinajstić information content (AvgIpc) is 3.22. The van der Waals surface area contributed by atoms with Crippen molar-refractivity contribution in [3.05, 3.63) is 99.9 Å². The lowest BCUT2D eigenvalue weighted by molar-refractivity contribution is -0.384. The second kappa shape index (κ2) is 8.53. The first-order chi connectivity index (χ1) is 14.2. The van der Waals surface area contributed by atoms with Gasteiger partial charge in [0.25, 0.3) is 5.69 Å². The molecule has 0 spiro atoms. The van der Waals surface area contributed by atoms with Crippen LogP contribution in [0.2, 0.25) is 0 Å². The Morgan fingerprint density at radius 2 is 1.69 bits per heavy atom. The van der Waals surface area contributed by atoms with E-state index in [9.17, 15) is 10.1 Å². The van der Waals surface area contributed by atoms with Crippen molar-refractivity contribution >= 4 is 27.8 Å². The zero-order valence-corrected chi connectivity index (χ0v) is 16.1. The van der Waals surface area contributed by atoms with Gasteiger partial charge in [0.15, 0.2) is 5.13 Å². The minimum absolute atomic E-state index is 0.0649. The zero-order chi connectivity index (χ0) is 20.1. The summed E-state index contributed by atoms with van der Waals surface area (Å²) in [5.74, 6) is 0.711. The Morgan fingerprint density at radius 1 is 0.966 bits per heavy atom. The Labute approximate surface area is 171 Å². The number of ether oxygens (including phenoxy) is 1. The number of anilines is 2. The fourth-order valence-electron chi connectivity index (χ4n) is 2.78. The van der Waals surface area contributed by atoms with Gasteiger partial charge in [-0.05, 0) is 42.0 Å². The van der Waals surface area contributed by atoms with Crippen LogP contribution in [0.3, 0.4) is 0 Å². The van der Waals surface area contributed by atoms with Gasteiger partial charge in [-0.15, -0.1) is 11.3 Å². The van der Waals surface area contributed by atoms with E-state index in [2.05, 4.69) is 10.3 Å². The number of nitrogens with zero attached hydrogens (tertiary/aromatic N) is 2. The van der Waals surface area contributed by atoms with Gasteiger partial charge < -0.3 is 10.1 Å². The number of hydrogen-bond donors (Lipinski definition) is 1. The molecule has 1 N–H and O–H groups in total. The van der Waals surface area contributed by atoms with E-state index < -0.39 is 4.92 Å². The summed E-state index contributed by atoms with van der Waals surface area (Å²) in [5, 5.41) is 16.9. The maximum absolute atomic E-state index is 10.8. The number of nitro benzene ring substituents is 1. The molecule has 0 radical (unpaired) electrons. The van der Waals surface area contributed by atoms with Crippen LogP contribution >= 0.6 is 11.3 Å². The lowest BCUT2D eigenvalue weighted by Gasteiger charge is -2.10. The Morgan fingerprint density at radius 3 is 2.45 bits per heavy atom. The highest BCUT2D eigenvalue weighted by Gasteiger charge is 2.11. The fourth-order valence-corrected chi connectivity index (χ4v) is 3.51. The highest BCUT2D eigenvalue weighted by molar-refractivity contribution is 7.14. The molecule has 0 atom stereocenters. The van der Waals surface area contributed by atoms with E-state index in [-0.39, 0.29) is 5.69 Å². The van der Waals surface area contributed by atoms with Crippen molar-refractivity contribution in [2.24, 2.45) is 0 Å². The molecule has 3 aromatic carbocycles. The highest BCUT2D eigenvalue weighted by atomic mass is 32.1. The largest absolute Gasteiger partial charge is 0.488 e. The molecule has 7 heteroatoms. The minimum atomic E-state index is -0.413. The smallest absolute Gasteiger partial charge is 0.269 e. The summed E-state index contributed by atoms with van der Waals surface area (Å²) in [6.45, 7) is 0.314. The summed E-state index contributed by atoms with van der Waals surface area (Å²) < 4.78 is 5.98. The van der Waals surface area contributed by atoms with E-state index in [0.29, 0.717) is 12.4 Å². The molecule has 1 aromatic heterocycles. The molecule has 0 saturated carbocycles. The van der Waals surface area contributed by atoms with Crippen molar-refractivity contribution in [3.63, 3.8) is 0 Å². The van der Waals surface area contributed by atoms with Crippen molar-refractivity contribution in [3.8, 4) is 17.0 Å². The van der Waals surface area contributed by atoms with Gasteiger partial charge in [0.1, 0.15) is 12.4 Å². The van der Waals surface area contributed by atoms with E-state index in [1.165, 1.54) is 23.5 Å². The van der Waals surface area contributed by atoms with Gasteiger partial charge in [0.05, 0.1) is 10.6 Å². The monoisotopic (exact) mass is 403 g/mol. The summed E-state index contributed by atoms with van der Waals surface area (Å²) in [4.78, 5) is 15.0. The molecule has 4 aromatic rings. The van der Waals surface area contributed by atoms with E-state index in [1.807, 2.05) is 60.0 Å². The van der Waals surface area contributed by atoms with Crippen molar-refractivity contribution in [2.45, 2.75) is 6.61 Å². The number of rotatable bonds is 7. The predicted molar refractivity (Wildman–Crippen MR) is 115 cm³/mol. The Balaban J connectivity index is 1.49. The molecule has 0 aliphatic heterocycles. The molecule has 0 bridgehead atoms. The molecular formula is C22H17N3O3S. The molecule has 0 amide bonds. The highest BCUT2D eigenvalue weighted by Crippen LogP contribution is 2.33. The average molecular weight is 403 g/mol. The molecule has 0 saturated heterocycles. The number of nitrogens with one attached hydrogen (secondary N) is 1. The maximum Gasteiger partial charge on any atom is 0.269 e. The molecule has 0 aliphatic rings. The topological polar surface area (TPSA) is 77.3 Å². The van der Waals surface area contributed by atoms with Gasteiger partial charge in [0, 0.05) is 28.8 Å². The predicted octanol–water partition coefficient (Wildman–Crippen LogP) is 6.04. The lowest BCUT2D eigenvalue weighted by atomic mass is 10.1. The second-order valence-corrected chi connectivity index (χ2v) is 7.10. The third-order valence-electron chi connectivity index (χ3n) is 4.23. The van der Waals surface area contributed by atoms with E-state index in [1.54, 1.807) is 12.1 Å². The van der Waals surface area contributed by atoms with Crippen LogP contribution in [0.4, 0.5) is 16.5 Å². The van der Waals surface area contributed by atoms with Crippen LogP contribution in [0, 0.1) is 10.1 Å². The Hall–Kier alpha value is -3.71. The lowest BCUT2D eigenvalue weighted by Crippen LogP contribution is -1.98. The van der Waals surface area contributed by atoms with E-state index >= 15 is 0 Å². The molecule has 0 aliphatic carbocycles. The third kappa shape index (κ3) is 4.59. The van der Waals surface area contributed by atoms with Crippen LogP contribution in [-0.2, 0) is 6.61 Å². The molecular weight excluding hydrogens is 386 g/mol. The standard InChI is InChI=1S/C22H17N3O3S/c26-25(27)18-12-10-16(11-13-18)14-28-21-9-5-4-8-19(21)20-15-29-22(24-20)23-17-6-2-1-3-7-17/h1-13,15H,14H2,(H,23,24). The molecule has 6 nitrogen and oxygen atoms in total. The zero-order valence-electron chi connectivity index (χ0n) is 15.3. The van der Waals surface area contributed by atoms with Gasteiger partial charge in [-0.25, -0.2) is 4.98 Å². The van der Waals surface area contributed by atoms with Crippen LogP contribution in [0.25, 0.3) is 11.3 Å². The van der Waals surface area contributed by atoms with E-state index in [0.717, 1.165) is 27.6 Å². The van der Waals surface area contributed by atoms with Crippen molar-refractivity contribution in [1.29, 1.82) is 0 Å². The SMILES string of the molecule is O=[N+]([O-])c1ccc(COc2ccccc2-c2csc(Nc3ccccc3)n2)cc1. The molecule has 29 heavy (non-hydrogen) atoms. The Kier molecular flexibility index (Phi) is 5.49. The Bertz CT molecular complexity index is 1110. The molecule has 144 valence electrons. The van der Waals surface area contributed by atoms with Gasteiger partial charge in [-0.1, -0.05) is 30.3 Å². The minimum Gasteiger partial charge on any atom is -0.488 e. The quantitative estimate of drug-likeness (QED) is 0.301. The van der Waals surface area contributed by atoms with Gasteiger partial charge in [-0.3, -0.25) is 10.1 Å². The van der Waals surface area contributed by atoms with Crippen LogP contribution in [0.15, 0.2) is 84.2 Å². The molecule has 1 heterocycles. The van der Waals surface area contributed by atoms with E-state index in [4.69, 9.17) is 4.74 Å². The number of aromatic nitrogens is 1. The molecule has 4 rings (SSSR count). The molecule has 0 fully saturated rings. The van der Waals surface area contributed by atoms with Crippen LogP contribution in [-0.4, -0.2) is 9.91 Å². The summed E-state index contributed by atoms with van der Waals surface area (Å²) in [6.07, 6.45) is 0. The normalized spacial score (nSPS) is 10.5. The summed E-state index contributed by atoms with van der Waals surface area (Å²) in [7, 11) is 0. The number of para-hydroxylation sites is 2. The van der Waals surface area contributed by atoms with Crippen molar-refractivity contribution < 1.29 is 9.66 Å². The van der Waals surface area contributed by atoms with Gasteiger partial charge >= 0.3 is 0 Å². The number of non-ortho nitro benzene ring substituents is 1. The van der Waals surface area contributed by atoms with Crippen LogP contribution in [0.1, 0.15) is 5.56 Å². The van der Waals surface area contributed by atoms with Crippen LogP contribution in [0.5, 0.6) is 5.75 Å². The number of hydrogen-bond acceptors (Lipinski definition) is 6. The summed E-state index contributed by atoms with van der Waals surface area (Å²) >= 11 is 1.53. The maximum atomic E-state index is 10.8. The first-order valence-corrected chi connectivity index (χ1v) is 9.80. The molecule has 0 unspecified atom stereocenters. The fraction of sp³-hybridized carbons (Fsp3) is 0.0455. The second-order valence-electron chi connectivity index (χ2n) is 6.24. The first-order valence-electron chi connectivity index (χ1n) is 8.92. The summed E-state index contributed by atoms with van der Waals surface area (Å²) in [6, 6.07) is 24.0. The van der Waals surface area contributed by atoms with Crippen LogP contribution < -0.4 is 10.1 Å². The third-order valence-corrected chi connectivity index (χ3v) is 4.99. The van der Waals surface area contributed by atoms with Crippen molar-refractivity contribution in [1.82, 2.24) is 4.98 Å². The number of nitro groups is 1.